The van der Waals surface area contributed by atoms with Gasteiger partial charge >= 0.3 is 6.03 Å². The monoisotopic (exact) mass is 357 g/mol. The van der Waals surface area contributed by atoms with E-state index in [2.05, 4.69) is 15.6 Å². The molecule has 134 valence electrons. The number of benzene rings is 3. The summed E-state index contributed by atoms with van der Waals surface area (Å²) < 4.78 is 5.78. The first-order valence-electron chi connectivity index (χ1n) is 8.77. The standard InChI is InChI=1S/C22H19N3O2/c26-22(23-18-11-5-2-6-12-18)24-19-13-7-10-17(14-19)21-25-20(15-27-21)16-8-3-1-4-9-16/h1-14,20H,15H2,(H2,23,24,26)/t20-/m0/s1. The van der Waals surface area contributed by atoms with Crippen molar-refractivity contribution in [3.8, 4) is 0 Å². The maximum atomic E-state index is 12.2. The Hall–Kier alpha value is -3.60. The zero-order chi connectivity index (χ0) is 18.5. The molecular formula is C22H19N3O2. The molecule has 4 rings (SSSR count). The van der Waals surface area contributed by atoms with E-state index >= 15 is 0 Å². The third kappa shape index (κ3) is 4.15. The maximum Gasteiger partial charge on any atom is 0.323 e. The second kappa shape index (κ2) is 7.74. The first kappa shape index (κ1) is 16.8. The van der Waals surface area contributed by atoms with Crippen molar-refractivity contribution < 1.29 is 9.53 Å². The predicted molar refractivity (Wildman–Crippen MR) is 107 cm³/mol. The van der Waals surface area contributed by atoms with Crippen LogP contribution in [0.3, 0.4) is 0 Å². The van der Waals surface area contributed by atoms with Gasteiger partial charge < -0.3 is 15.4 Å². The van der Waals surface area contributed by atoms with E-state index in [9.17, 15) is 4.79 Å². The molecule has 5 heteroatoms. The molecule has 1 aliphatic rings. The quantitative estimate of drug-likeness (QED) is 0.701. The highest BCUT2D eigenvalue weighted by Gasteiger charge is 2.21. The van der Waals surface area contributed by atoms with Gasteiger partial charge in [-0.25, -0.2) is 9.79 Å². The molecule has 3 aromatic carbocycles. The maximum absolute atomic E-state index is 12.2. The lowest BCUT2D eigenvalue weighted by molar-refractivity contribution is 0.262. The van der Waals surface area contributed by atoms with Crippen molar-refractivity contribution in [1.82, 2.24) is 0 Å². The Morgan fingerprint density at radius 1 is 0.852 bits per heavy atom. The molecule has 0 bridgehead atoms. The Labute approximate surface area is 157 Å². The molecule has 0 saturated carbocycles. The van der Waals surface area contributed by atoms with Gasteiger partial charge in [-0.05, 0) is 35.9 Å². The van der Waals surface area contributed by atoms with E-state index in [-0.39, 0.29) is 12.1 Å². The fourth-order valence-corrected chi connectivity index (χ4v) is 2.92. The molecule has 2 amide bonds. The second-order valence-corrected chi connectivity index (χ2v) is 6.20. The minimum absolute atomic E-state index is 0.000746. The van der Waals surface area contributed by atoms with E-state index < -0.39 is 0 Å². The van der Waals surface area contributed by atoms with Crippen LogP contribution in [0.1, 0.15) is 17.2 Å². The van der Waals surface area contributed by atoms with Gasteiger partial charge in [-0.15, -0.1) is 0 Å². The van der Waals surface area contributed by atoms with E-state index in [1.165, 1.54) is 0 Å². The Balaban J connectivity index is 1.46. The van der Waals surface area contributed by atoms with Gasteiger partial charge in [-0.3, -0.25) is 0 Å². The van der Waals surface area contributed by atoms with Crippen molar-refractivity contribution in [2.24, 2.45) is 4.99 Å². The van der Waals surface area contributed by atoms with Gasteiger partial charge in [-0.1, -0.05) is 54.6 Å². The summed E-state index contributed by atoms with van der Waals surface area (Å²) in [4.78, 5) is 16.9. The molecule has 0 aromatic heterocycles. The van der Waals surface area contributed by atoms with Crippen molar-refractivity contribution in [3.05, 3.63) is 96.1 Å². The van der Waals surface area contributed by atoms with E-state index in [0.717, 1.165) is 16.8 Å². The fraction of sp³-hybridized carbons (Fsp3) is 0.0909. The number of amides is 2. The number of urea groups is 1. The van der Waals surface area contributed by atoms with Gasteiger partial charge in [0.05, 0.1) is 0 Å². The van der Waals surface area contributed by atoms with E-state index in [1.54, 1.807) is 0 Å². The smallest absolute Gasteiger partial charge is 0.323 e. The SMILES string of the molecule is O=C(Nc1ccccc1)Nc1cccc(C2=N[C@H](c3ccccc3)CO2)c1. The lowest BCUT2D eigenvalue weighted by Gasteiger charge is -2.09. The molecule has 27 heavy (non-hydrogen) atoms. The molecule has 0 saturated heterocycles. The first-order chi connectivity index (χ1) is 13.3. The van der Waals surface area contributed by atoms with Crippen molar-refractivity contribution in [2.45, 2.75) is 6.04 Å². The Kier molecular flexibility index (Phi) is 4.83. The molecule has 0 aliphatic carbocycles. The summed E-state index contributed by atoms with van der Waals surface area (Å²) in [5.41, 5.74) is 3.38. The lowest BCUT2D eigenvalue weighted by Crippen LogP contribution is -2.19. The zero-order valence-electron chi connectivity index (χ0n) is 14.6. The van der Waals surface area contributed by atoms with Gasteiger partial charge in [0.15, 0.2) is 0 Å². The van der Waals surface area contributed by atoms with Crippen molar-refractivity contribution in [3.63, 3.8) is 0 Å². The molecule has 1 atom stereocenters. The highest BCUT2D eigenvalue weighted by Crippen LogP contribution is 2.25. The fourth-order valence-electron chi connectivity index (χ4n) is 2.92. The van der Waals surface area contributed by atoms with Crippen molar-refractivity contribution in [1.29, 1.82) is 0 Å². The molecule has 0 unspecified atom stereocenters. The van der Waals surface area contributed by atoms with Crippen LogP contribution < -0.4 is 10.6 Å². The van der Waals surface area contributed by atoms with Crippen LogP contribution in [-0.2, 0) is 4.74 Å². The molecule has 0 radical (unpaired) electrons. The van der Waals surface area contributed by atoms with Gasteiger partial charge in [0, 0.05) is 16.9 Å². The summed E-state index contributed by atoms with van der Waals surface area (Å²) in [6.45, 7) is 0.519. The number of para-hydroxylation sites is 1. The third-order valence-corrected chi connectivity index (χ3v) is 4.23. The number of aliphatic imine (C=N–C) groups is 1. The topological polar surface area (TPSA) is 62.7 Å². The number of hydrogen-bond acceptors (Lipinski definition) is 3. The van der Waals surface area contributed by atoms with Crippen LogP contribution >= 0.6 is 0 Å². The van der Waals surface area contributed by atoms with Crippen LogP contribution in [0.4, 0.5) is 16.2 Å². The van der Waals surface area contributed by atoms with Gasteiger partial charge in [0.25, 0.3) is 0 Å². The molecule has 0 fully saturated rings. The summed E-state index contributed by atoms with van der Waals surface area (Å²) in [5, 5.41) is 5.63. The van der Waals surface area contributed by atoms with Crippen LogP contribution in [0, 0.1) is 0 Å². The Morgan fingerprint density at radius 2 is 1.52 bits per heavy atom. The summed E-state index contributed by atoms with van der Waals surface area (Å²) in [5.74, 6) is 0.593. The van der Waals surface area contributed by atoms with Gasteiger partial charge in [-0.2, -0.15) is 0 Å². The number of rotatable bonds is 4. The molecule has 2 N–H and O–H groups in total. The minimum Gasteiger partial charge on any atom is -0.475 e. The predicted octanol–water partition coefficient (Wildman–Crippen LogP) is 4.85. The molecule has 1 heterocycles. The molecule has 5 nitrogen and oxygen atoms in total. The van der Waals surface area contributed by atoms with Crippen LogP contribution in [0.15, 0.2) is 89.9 Å². The number of carbonyl (C=O) groups excluding carboxylic acids is 1. The molecule has 0 spiro atoms. The molecule has 3 aromatic rings. The van der Waals surface area contributed by atoms with E-state index in [1.807, 2.05) is 84.9 Å². The minimum atomic E-state index is -0.296. The number of anilines is 2. The molecular weight excluding hydrogens is 338 g/mol. The number of ether oxygens (including phenoxy) is 1. The number of carbonyl (C=O) groups is 1. The Bertz CT molecular complexity index is 956. The summed E-state index contributed by atoms with van der Waals surface area (Å²) in [7, 11) is 0. The van der Waals surface area contributed by atoms with Crippen molar-refractivity contribution >= 4 is 23.3 Å². The average molecular weight is 357 g/mol. The van der Waals surface area contributed by atoms with Gasteiger partial charge in [0.1, 0.15) is 12.6 Å². The number of nitrogens with one attached hydrogen (secondary N) is 2. The zero-order valence-corrected chi connectivity index (χ0v) is 14.6. The van der Waals surface area contributed by atoms with Crippen LogP contribution in [-0.4, -0.2) is 18.5 Å². The largest absolute Gasteiger partial charge is 0.475 e. The number of nitrogens with zero attached hydrogens (tertiary/aromatic N) is 1. The highest BCUT2D eigenvalue weighted by molar-refractivity contribution is 6.01. The van der Waals surface area contributed by atoms with E-state index in [4.69, 9.17) is 4.74 Å². The molecule has 1 aliphatic heterocycles. The Morgan fingerprint density at radius 3 is 2.30 bits per heavy atom. The summed E-state index contributed by atoms with van der Waals surface area (Å²) in [6.07, 6.45) is 0. The average Bonchev–Trinajstić information content (AvgIpc) is 3.20. The summed E-state index contributed by atoms with van der Waals surface area (Å²) >= 11 is 0. The second-order valence-electron chi connectivity index (χ2n) is 6.20. The summed E-state index contributed by atoms with van der Waals surface area (Å²) in [6, 6.07) is 26.6. The first-order valence-corrected chi connectivity index (χ1v) is 8.77. The van der Waals surface area contributed by atoms with Crippen LogP contribution in [0.25, 0.3) is 0 Å². The van der Waals surface area contributed by atoms with E-state index in [0.29, 0.717) is 18.2 Å². The third-order valence-electron chi connectivity index (χ3n) is 4.23. The number of hydrogen-bond donors (Lipinski definition) is 2. The lowest BCUT2D eigenvalue weighted by atomic mass is 10.1. The highest BCUT2D eigenvalue weighted by atomic mass is 16.5. The van der Waals surface area contributed by atoms with Crippen molar-refractivity contribution in [2.75, 3.05) is 17.2 Å². The normalized spacial score (nSPS) is 15.6. The van der Waals surface area contributed by atoms with Gasteiger partial charge in [0.2, 0.25) is 5.90 Å². The van der Waals surface area contributed by atoms with Crippen LogP contribution in [0.2, 0.25) is 0 Å². The van der Waals surface area contributed by atoms with Crippen LogP contribution in [0.5, 0.6) is 0 Å².